The Hall–Kier alpha value is -3.26. The van der Waals surface area contributed by atoms with Crippen molar-refractivity contribution in [1.29, 1.82) is 0 Å². The Bertz CT molecular complexity index is 1190. The van der Waals surface area contributed by atoms with Crippen molar-refractivity contribution in [3.8, 4) is 5.69 Å². The highest BCUT2D eigenvalue weighted by Crippen LogP contribution is 2.32. The number of rotatable bonds is 8. The van der Waals surface area contributed by atoms with Gasteiger partial charge in [0.1, 0.15) is 17.5 Å². The zero-order chi connectivity index (χ0) is 25.1. The second-order valence-electron chi connectivity index (χ2n) is 9.86. The maximum absolute atomic E-state index is 14.0. The van der Waals surface area contributed by atoms with Gasteiger partial charge in [-0.3, -0.25) is 5.32 Å². The number of likely N-dealkylation sites (tertiary alicyclic amines) is 1. The van der Waals surface area contributed by atoms with E-state index in [2.05, 4.69) is 22.5 Å². The molecule has 0 bridgehead atoms. The Labute approximate surface area is 210 Å². The van der Waals surface area contributed by atoms with Gasteiger partial charge in [0.05, 0.1) is 17.4 Å². The number of hydrogen-bond donors (Lipinski definition) is 2. The van der Waals surface area contributed by atoms with E-state index in [1.165, 1.54) is 12.1 Å². The van der Waals surface area contributed by atoms with Crippen LogP contribution < -0.4 is 10.6 Å². The van der Waals surface area contributed by atoms with Crippen molar-refractivity contribution in [3.63, 3.8) is 0 Å². The third-order valence-electron chi connectivity index (χ3n) is 7.24. The number of carbonyl (C=O) groups excluding carboxylic acids is 1. The minimum Gasteiger partial charge on any atom is -0.333 e. The average molecular weight is 494 g/mol. The molecule has 2 heterocycles. The molecule has 0 unspecified atom stereocenters. The molecule has 0 radical (unpaired) electrons. The zero-order valence-corrected chi connectivity index (χ0v) is 20.6. The number of nitrogens with zero attached hydrogens (tertiary/aromatic N) is 3. The van der Waals surface area contributed by atoms with Gasteiger partial charge >= 0.3 is 6.03 Å². The number of aromatic nitrogens is 2. The molecule has 8 heteroatoms. The molecule has 2 aromatic carbocycles. The molecule has 1 aliphatic heterocycles. The molecule has 3 aromatic rings. The van der Waals surface area contributed by atoms with Crippen LogP contribution in [-0.2, 0) is 12.8 Å². The van der Waals surface area contributed by atoms with Crippen molar-refractivity contribution in [2.45, 2.75) is 57.4 Å². The highest BCUT2D eigenvalue weighted by Gasteiger charge is 2.35. The summed E-state index contributed by atoms with van der Waals surface area (Å²) in [4.78, 5) is 15.6. The number of anilines is 1. The second kappa shape index (κ2) is 10.8. The van der Waals surface area contributed by atoms with Gasteiger partial charge in [-0.15, -0.1) is 0 Å². The molecule has 2 N–H and O–H groups in total. The van der Waals surface area contributed by atoms with Crippen molar-refractivity contribution in [3.05, 3.63) is 77.0 Å². The fourth-order valence-electron chi connectivity index (χ4n) is 5.51. The Balaban J connectivity index is 1.36. The van der Waals surface area contributed by atoms with Crippen molar-refractivity contribution in [2.24, 2.45) is 0 Å². The standard InChI is InChI=1S/C28H33F2N5O/c1-2-3-7-13-34-17-24(19-14-20(29)16-21(30)15-19)26(18-34)31-28(36)32-27-23-11-8-12-25(23)33-35(27)22-9-5-4-6-10-22/h4-6,9-10,14-16,24,26H,2-3,7-8,11-13,17-18H2,1H3,(H2,31,32,36)/t24-,26+/m0/s1. The summed E-state index contributed by atoms with van der Waals surface area (Å²) < 4.78 is 29.9. The maximum atomic E-state index is 14.0. The normalized spacial score (nSPS) is 19.4. The molecule has 1 aliphatic carbocycles. The molecule has 36 heavy (non-hydrogen) atoms. The number of carbonyl (C=O) groups is 1. The second-order valence-corrected chi connectivity index (χ2v) is 9.86. The number of hydrogen-bond acceptors (Lipinski definition) is 3. The first kappa shape index (κ1) is 24.4. The van der Waals surface area contributed by atoms with Crippen LogP contribution in [0.3, 0.4) is 0 Å². The van der Waals surface area contributed by atoms with E-state index in [0.717, 1.165) is 68.1 Å². The van der Waals surface area contributed by atoms with Crippen LogP contribution in [0.2, 0.25) is 0 Å². The molecule has 5 rings (SSSR count). The summed E-state index contributed by atoms with van der Waals surface area (Å²) in [6.07, 6.45) is 6.10. The predicted molar refractivity (Wildman–Crippen MR) is 137 cm³/mol. The number of para-hydroxylation sites is 1. The zero-order valence-electron chi connectivity index (χ0n) is 20.6. The first-order chi connectivity index (χ1) is 17.5. The van der Waals surface area contributed by atoms with Gasteiger partial charge in [-0.25, -0.2) is 18.3 Å². The average Bonchev–Trinajstić information content (AvgIpc) is 3.55. The summed E-state index contributed by atoms with van der Waals surface area (Å²) in [5.74, 6) is -0.704. The van der Waals surface area contributed by atoms with Crippen molar-refractivity contribution >= 4 is 11.8 Å². The van der Waals surface area contributed by atoms with Crippen LogP contribution in [0.15, 0.2) is 48.5 Å². The third kappa shape index (κ3) is 5.28. The van der Waals surface area contributed by atoms with E-state index in [1.807, 2.05) is 30.3 Å². The summed E-state index contributed by atoms with van der Waals surface area (Å²) in [6, 6.07) is 12.8. The lowest BCUT2D eigenvalue weighted by atomic mass is 9.94. The van der Waals surface area contributed by atoms with Crippen molar-refractivity contribution < 1.29 is 13.6 Å². The monoisotopic (exact) mass is 493 g/mol. The quantitative estimate of drug-likeness (QED) is 0.412. The SMILES string of the molecule is CCCCCN1C[C@@H](NC(=O)Nc2c3c(nn2-c2ccccc2)CCC3)[C@H](c2cc(F)cc(F)c2)C1. The van der Waals surface area contributed by atoms with Gasteiger partial charge in [-0.05, 0) is 62.1 Å². The van der Waals surface area contributed by atoms with Gasteiger partial charge in [0.2, 0.25) is 0 Å². The number of urea groups is 1. The lowest BCUT2D eigenvalue weighted by Crippen LogP contribution is -2.42. The van der Waals surface area contributed by atoms with E-state index in [1.54, 1.807) is 4.68 Å². The molecule has 190 valence electrons. The Morgan fingerprint density at radius 2 is 1.83 bits per heavy atom. The van der Waals surface area contributed by atoms with E-state index in [0.29, 0.717) is 24.5 Å². The van der Waals surface area contributed by atoms with E-state index < -0.39 is 11.6 Å². The molecule has 2 atom stereocenters. The van der Waals surface area contributed by atoms with Gasteiger partial charge in [0.25, 0.3) is 0 Å². The molecule has 1 saturated heterocycles. The van der Waals surface area contributed by atoms with Crippen LogP contribution in [0.25, 0.3) is 5.69 Å². The number of unbranched alkanes of at least 4 members (excludes halogenated alkanes) is 2. The molecule has 0 spiro atoms. The first-order valence-corrected chi connectivity index (χ1v) is 12.9. The number of halogens is 2. The van der Waals surface area contributed by atoms with Gasteiger partial charge in [-0.2, -0.15) is 5.10 Å². The van der Waals surface area contributed by atoms with E-state index in [4.69, 9.17) is 5.10 Å². The highest BCUT2D eigenvalue weighted by atomic mass is 19.1. The smallest absolute Gasteiger partial charge is 0.320 e. The topological polar surface area (TPSA) is 62.2 Å². The number of aryl methyl sites for hydroxylation is 1. The lowest BCUT2D eigenvalue weighted by Gasteiger charge is -2.21. The van der Waals surface area contributed by atoms with Gasteiger partial charge in [-0.1, -0.05) is 38.0 Å². The molecular formula is C28H33F2N5O. The molecule has 1 aromatic heterocycles. The summed E-state index contributed by atoms with van der Waals surface area (Å²) in [7, 11) is 0. The van der Waals surface area contributed by atoms with Crippen molar-refractivity contribution in [1.82, 2.24) is 20.0 Å². The van der Waals surface area contributed by atoms with Crippen LogP contribution >= 0.6 is 0 Å². The fourth-order valence-corrected chi connectivity index (χ4v) is 5.51. The van der Waals surface area contributed by atoms with Crippen LogP contribution in [0, 0.1) is 11.6 Å². The van der Waals surface area contributed by atoms with E-state index in [9.17, 15) is 13.6 Å². The van der Waals surface area contributed by atoms with Crippen LogP contribution in [0.1, 0.15) is 55.3 Å². The van der Waals surface area contributed by atoms with Gasteiger partial charge in [0.15, 0.2) is 0 Å². The Kier molecular flexibility index (Phi) is 7.32. The van der Waals surface area contributed by atoms with Gasteiger partial charge in [0, 0.05) is 30.6 Å². The van der Waals surface area contributed by atoms with E-state index in [-0.39, 0.29) is 18.0 Å². The Morgan fingerprint density at radius 3 is 2.58 bits per heavy atom. The van der Waals surface area contributed by atoms with Gasteiger partial charge < -0.3 is 10.2 Å². The lowest BCUT2D eigenvalue weighted by molar-refractivity contribution is 0.246. The van der Waals surface area contributed by atoms with Crippen LogP contribution in [0.4, 0.5) is 19.4 Å². The largest absolute Gasteiger partial charge is 0.333 e. The minimum atomic E-state index is -0.597. The number of amides is 2. The third-order valence-corrected chi connectivity index (χ3v) is 7.24. The number of benzene rings is 2. The molecule has 2 amide bonds. The van der Waals surface area contributed by atoms with Crippen LogP contribution in [0.5, 0.6) is 0 Å². The molecule has 6 nitrogen and oxygen atoms in total. The predicted octanol–water partition coefficient (Wildman–Crippen LogP) is 5.42. The number of nitrogens with one attached hydrogen (secondary N) is 2. The summed E-state index contributed by atoms with van der Waals surface area (Å²) in [5.41, 5.74) is 3.56. The highest BCUT2D eigenvalue weighted by molar-refractivity contribution is 5.90. The Morgan fingerprint density at radius 1 is 1.06 bits per heavy atom. The molecule has 1 fully saturated rings. The maximum Gasteiger partial charge on any atom is 0.320 e. The van der Waals surface area contributed by atoms with Crippen LogP contribution in [-0.4, -0.2) is 46.4 Å². The fraction of sp³-hybridized carbons (Fsp3) is 0.429. The first-order valence-electron chi connectivity index (χ1n) is 12.9. The van der Waals surface area contributed by atoms with E-state index >= 15 is 0 Å². The minimum absolute atomic E-state index is 0.202. The van der Waals surface area contributed by atoms with Crippen molar-refractivity contribution in [2.75, 3.05) is 25.0 Å². The molecule has 0 saturated carbocycles. The summed E-state index contributed by atoms with van der Waals surface area (Å²) in [6.45, 7) is 4.34. The summed E-state index contributed by atoms with van der Waals surface area (Å²) >= 11 is 0. The molecular weight excluding hydrogens is 460 g/mol. The summed E-state index contributed by atoms with van der Waals surface area (Å²) in [5, 5.41) is 10.9. The number of fused-ring (bicyclic) bond motifs is 1. The molecule has 2 aliphatic rings.